The summed E-state index contributed by atoms with van der Waals surface area (Å²) in [4.78, 5) is 35.6. The molecule has 2 amide bonds. The lowest BCUT2D eigenvalue weighted by molar-refractivity contribution is 0.0880. The van der Waals surface area contributed by atoms with Crippen LogP contribution in [0.4, 0.5) is 10.2 Å². The summed E-state index contributed by atoms with van der Waals surface area (Å²) in [7, 11) is 0. The number of hydrogen-bond acceptors (Lipinski definition) is 4. The summed E-state index contributed by atoms with van der Waals surface area (Å²) in [5, 5.41) is 2.04. The van der Waals surface area contributed by atoms with Crippen molar-refractivity contribution in [1.82, 2.24) is 9.88 Å². The van der Waals surface area contributed by atoms with Crippen LogP contribution in [-0.4, -0.2) is 16.4 Å². The molecule has 0 radical (unpaired) electrons. The van der Waals surface area contributed by atoms with Crippen molar-refractivity contribution in [1.29, 1.82) is 0 Å². The van der Waals surface area contributed by atoms with Crippen molar-refractivity contribution in [3.05, 3.63) is 54.4 Å². The Labute approximate surface area is 139 Å². The van der Waals surface area contributed by atoms with Gasteiger partial charge < -0.3 is 5.73 Å². The second-order valence-electron chi connectivity index (χ2n) is 4.49. The van der Waals surface area contributed by atoms with Gasteiger partial charge in [-0.1, -0.05) is 15.9 Å². The fourth-order valence-electron chi connectivity index (χ4n) is 2.26. The predicted octanol–water partition coefficient (Wildman–Crippen LogP) is 1.97. The van der Waals surface area contributed by atoms with E-state index in [0.717, 1.165) is 16.7 Å². The SMILES string of the molecule is Nc1c2c(cc(=O)n1-c1c(F)cc(Br)cc1Br)C(=O)NC2=O. The minimum atomic E-state index is -0.722. The van der Waals surface area contributed by atoms with E-state index in [0.29, 0.717) is 4.47 Å². The van der Waals surface area contributed by atoms with Gasteiger partial charge >= 0.3 is 0 Å². The monoisotopic (exact) mass is 429 g/mol. The van der Waals surface area contributed by atoms with Gasteiger partial charge in [0, 0.05) is 15.0 Å². The summed E-state index contributed by atoms with van der Waals surface area (Å²) in [6, 6.07) is 3.65. The highest BCUT2D eigenvalue weighted by Crippen LogP contribution is 2.31. The largest absolute Gasteiger partial charge is 0.384 e. The zero-order valence-corrected chi connectivity index (χ0v) is 13.8. The number of aromatic nitrogens is 1. The standard InChI is InChI=1S/C13H6Br2FN3O3/c14-4-1-6(15)10(7(16)2-4)19-8(20)3-5-9(11(19)17)13(22)18-12(5)21/h1-3H,17H2,(H,18,21,22). The Balaban J connectivity index is 2.40. The Bertz CT molecular complexity index is 900. The van der Waals surface area contributed by atoms with E-state index in [-0.39, 0.29) is 27.1 Å². The van der Waals surface area contributed by atoms with Crippen molar-refractivity contribution in [3.8, 4) is 5.69 Å². The maximum absolute atomic E-state index is 14.2. The van der Waals surface area contributed by atoms with E-state index in [1.54, 1.807) is 0 Å². The normalized spacial score (nSPS) is 13.2. The smallest absolute Gasteiger partial charge is 0.262 e. The molecule has 6 nitrogen and oxygen atoms in total. The van der Waals surface area contributed by atoms with Gasteiger partial charge in [0.25, 0.3) is 17.4 Å². The van der Waals surface area contributed by atoms with Crippen LogP contribution < -0.4 is 16.6 Å². The molecule has 0 bridgehead atoms. The van der Waals surface area contributed by atoms with Crippen LogP contribution in [0.1, 0.15) is 20.7 Å². The molecule has 2 heterocycles. The topological polar surface area (TPSA) is 94.2 Å². The number of rotatable bonds is 1. The number of pyridine rings is 1. The van der Waals surface area contributed by atoms with E-state index in [9.17, 15) is 18.8 Å². The van der Waals surface area contributed by atoms with E-state index in [4.69, 9.17) is 5.73 Å². The molecule has 112 valence electrons. The van der Waals surface area contributed by atoms with Gasteiger partial charge in [0.2, 0.25) is 0 Å². The Kier molecular flexibility index (Phi) is 3.41. The zero-order chi connectivity index (χ0) is 16.2. The van der Waals surface area contributed by atoms with Crippen molar-refractivity contribution in [3.63, 3.8) is 0 Å². The number of hydrogen-bond donors (Lipinski definition) is 2. The molecular weight excluding hydrogens is 425 g/mol. The van der Waals surface area contributed by atoms with Crippen molar-refractivity contribution in [2.24, 2.45) is 0 Å². The molecule has 0 atom stereocenters. The molecule has 3 N–H and O–H groups in total. The van der Waals surface area contributed by atoms with Gasteiger partial charge in [-0.25, -0.2) is 4.39 Å². The summed E-state index contributed by atoms with van der Waals surface area (Å²) in [5.74, 6) is -2.45. The number of halogens is 3. The number of benzene rings is 1. The minimum absolute atomic E-state index is 0.114. The Morgan fingerprint density at radius 2 is 1.77 bits per heavy atom. The van der Waals surface area contributed by atoms with Crippen LogP contribution in [0.2, 0.25) is 0 Å². The fraction of sp³-hybridized carbons (Fsp3) is 0. The lowest BCUT2D eigenvalue weighted by Gasteiger charge is -2.14. The summed E-state index contributed by atoms with van der Waals surface area (Å²) in [6.45, 7) is 0. The highest BCUT2D eigenvalue weighted by molar-refractivity contribution is 9.11. The van der Waals surface area contributed by atoms with Crippen LogP contribution in [-0.2, 0) is 0 Å². The number of nitrogen functional groups attached to an aromatic ring is 1. The molecule has 1 aromatic heterocycles. The molecule has 1 aliphatic rings. The average Bonchev–Trinajstić information content (AvgIpc) is 2.67. The fourth-order valence-corrected chi connectivity index (χ4v) is 3.61. The first-order chi connectivity index (χ1) is 10.3. The number of nitrogens with one attached hydrogen (secondary N) is 1. The van der Waals surface area contributed by atoms with Gasteiger partial charge in [-0.3, -0.25) is 24.3 Å². The molecule has 1 aliphatic heterocycles. The van der Waals surface area contributed by atoms with E-state index in [2.05, 4.69) is 31.9 Å². The zero-order valence-electron chi connectivity index (χ0n) is 10.6. The Hall–Kier alpha value is -2.00. The summed E-state index contributed by atoms with van der Waals surface area (Å²) >= 11 is 6.28. The van der Waals surface area contributed by atoms with Crippen LogP contribution in [0, 0.1) is 5.82 Å². The lowest BCUT2D eigenvalue weighted by atomic mass is 10.1. The predicted molar refractivity (Wildman–Crippen MR) is 83.6 cm³/mol. The van der Waals surface area contributed by atoms with Gasteiger partial charge in [-0.15, -0.1) is 0 Å². The number of nitrogens with zero attached hydrogens (tertiary/aromatic N) is 1. The summed E-state index contributed by atoms with van der Waals surface area (Å²) in [5.41, 5.74) is 4.74. The molecule has 0 spiro atoms. The third-order valence-electron chi connectivity index (χ3n) is 3.16. The second kappa shape index (κ2) is 5.03. The minimum Gasteiger partial charge on any atom is -0.384 e. The van der Waals surface area contributed by atoms with Crippen molar-refractivity contribution in [2.75, 3.05) is 5.73 Å². The second-order valence-corrected chi connectivity index (χ2v) is 6.26. The average molecular weight is 431 g/mol. The summed E-state index contributed by atoms with van der Waals surface area (Å²) < 4.78 is 15.8. The van der Waals surface area contributed by atoms with E-state index in [1.165, 1.54) is 6.07 Å². The third-order valence-corrected chi connectivity index (χ3v) is 4.22. The molecule has 2 aromatic rings. The van der Waals surface area contributed by atoms with Gasteiger partial charge in [0.05, 0.1) is 11.1 Å². The molecule has 1 aromatic carbocycles. The van der Waals surface area contributed by atoms with Crippen molar-refractivity contribution >= 4 is 49.5 Å². The quantitative estimate of drug-likeness (QED) is 0.676. The molecule has 0 saturated carbocycles. The number of anilines is 1. The third kappa shape index (κ3) is 2.08. The molecule has 3 rings (SSSR count). The van der Waals surface area contributed by atoms with Gasteiger partial charge in [-0.2, -0.15) is 0 Å². The van der Waals surface area contributed by atoms with Gasteiger partial charge in [-0.05, 0) is 28.1 Å². The van der Waals surface area contributed by atoms with Crippen LogP contribution >= 0.6 is 31.9 Å². The number of nitrogens with two attached hydrogens (primary N) is 1. The van der Waals surface area contributed by atoms with E-state index >= 15 is 0 Å². The first kappa shape index (κ1) is 14.9. The number of fused-ring (bicyclic) bond motifs is 1. The van der Waals surface area contributed by atoms with Crippen molar-refractivity contribution < 1.29 is 14.0 Å². The Morgan fingerprint density at radius 1 is 1.09 bits per heavy atom. The van der Waals surface area contributed by atoms with Crippen molar-refractivity contribution in [2.45, 2.75) is 0 Å². The van der Waals surface area contributed by atoms with E-state index < -0.39 is 23.2 Å². The van der Waals surface area contributed by atoms with Crippen LogP contribution in [0.5, 0.6) is 0 Å². The molecular formula is C13H6Br2FN3O3. The number of carbonyl (C=O) groups excluding carboxylic acids is 2. The lowest BCUT2D eigenvalue weighted by Crippen LogP contribution is -2.25. The van der Waals surface area contributed by atoms with Crippen LogP contribution in [0.25, 0.3) is 5.69 Å². The van der Waals surface area contributed by atoms with Gasteiger partial charge in [0.1, 0.15) is 17.3 Å². The first-order valence-electron chi connectivity index (χ1n) is 5.87. The summed E-state index contributed by atoms with van der Waals surface area (Å²) in [6.07, 6.45) is 0. The maximum atomic E-state index is 14.2. The molecule has 0 unspecified atom stereocenters. The Morgan fingerprint density at radius 3 is 2.41 bits per heavy atom. The first-order valence-corrected chi connectivity index (χ1v) is 7.46. The van der Waals surface area contributed by atoms with Crippen LogP contribution in [0.15, 0.2) is 31.9 Å². The highest BCUT2D eigenvalue weighted by atomic mass is 79.9. The number of imide groups is 1. The number of amides is 2. The number of carbonyl (C=O) groups is 2. The molecule has 0 aliphatic carbocycles. The highest BCUT2D eigenvalue weighted by Gasteiger charge is 2.32. The molecule has 0 fully saturated rings. The van der Waals surface area contributed by atoms with Crippen LogP contribution in [0.3, 0.4) is 0 Å². The maximum Gasteiger partial charge on any atom is 0.262 e. The molecule has 0 saturated heterocycles. The molecule has 22 heavy (non-hydrogen) atoms. The van der Waals surface area contributed by atoms with Gasteiger partial charge in [0.15, 0.2) is 0 Å². The van der Waals surface area contributed by atoms with E-state index in [1.807, 2.05) is 5.32 Å². The molecule has 9 heteroatoms.